The third-order valence-corrected chi connectivity index (χ3v) is 2.92. The van der Waals surface area contributed by atoms with Crippen LogP contribution in [-0.4, -0.2) is 17.4 Å². The van der Waals surface area contributed by atoms with Gasteiger partial charge in [-0.15, -0.1) is 0 Å². The van der Waals surface area contributed by atoms with E-state index in [-0.39, 0.29) is 11.9 Å². The topological polar surface area (TPSA) is 68.0 Å². The zero-order valence-corrected chi connectivity index (χ0v) is 11.1. The van der Waals surface area contributed by atoms with Crippen molar-refractivity contribution in [3.05, 3.63) is 30.1 Å². The Kier molecular flexibility index (Phi) is 7.03. The maximum Gasteiger partial charge on any atom is 0.220 e. The highest BCUT2D eigenvalue weighted by Crippen LogP contribution is 2.10. The average Bonchev–Trinajstić information content (AvgIpc) is 2.39. The van der Waals surface area contributed by atoms with E-state index in [1.807, 2.05) is 19.1 Å². The van der Waals surface area contributed by atoms with Crippen LogP contribution >= 0.6 is 0 Å². The molecule has 4 nitrogen and oxygen atoms in total. The van der Waals surface area contributed by atoms with Crippen LogP contribution in [0.3, 0.4) is 0 Å². The summed E-state index contributed by atoms with van der Waals surface area (Å²) >= 11 is 0. The summed E-state index contributed by atoms with van der Waals surface area (Å²) in [5, 5.41) is 2.98. The second-order valence-electron chi connectivity index (χ2n) is 4.53. The number of rotatable bonds is 8. The number of hydrogen-bond acceptors (Lipinski definition) is 3. The van der Waals surface area contributed by atoms with E-state index in [0.717, 1.165) is 37.8 Å². The molecule has 1 aromatic heterocycles. The van der Waals surface area contributed by atoms with Crippen molar-refractivity contribution in [2.24, 2.45) is 5.73 Å². The van der Waals surface area contributed by atoms with Crippen LogP contribution in [-0.2, 0) is 4.79 Å². The number of hydrogen-bond donors (Lipinski definition) is 2. The molecule has 0 bridgehead atoms. The van der Waals surface area contributed by atoms with Crippen LogP contribution in [0.4, 0.5) is 0 Å². The number of carbonyl (C=O) groups excluding carboxylic acids is 1. The maximum absolute atomic E-state index is 11.7. The van der Waals surface area contributed by atoms with E-state index in [1.54, 1.807) is 12.4 Å². The Labute approximate surface area is 109 Å². The molecule has 0 saturated carbocycles. The fraction of sp³-hybridized carbons (Fsp3) is 0.571. The molecule has 18 heavy (non-hydrogen) atoms. The Balaban J connectivity index is 2.20. The zero-order chi connectivity index (χ0) is 13.2. The van der Waals surface area contributed by atoms with Gasteiger partial charge in [0.15, 0.2) is 0 Å². The van der Waals surface area contributed by atoms with Crippen LogP contribution in [0.5, 0.6) is 0 Å². The number of nitrogens with zero attached hydrogens (tertiary/aromatic N) is 1. The monoisotopic (exact) mass is 249 g/mol. The minimum absolute atomic E-state index is 0.0234. The minimum atomic E-state index is 0.0234. The zero-order valence-electron chi connectivity index (χ0n) is 11.1. The van der Waals surface area contributed by atoms with Crippen molar-refractivity contribution < 1.29 is 4.79 Å². The van der Waals surface area contributed by atoms with Gasteiger partial charge in [-0.05, 0) is 37.9 Å². The predicted molar refractivity (Wildman–Crippen MR) is 72.9 cm³/mol. The molecular weight excluding hydrogens is 226 g/mol. The minimum Gasteiger partial charge on any atom is -0.350 e. The lowest BCUT2D eigenvalue weighted by atomic mass is 10.1. The third kappa shape index (κ3) is 5.77. The molecule has 0 radical (unpaired) electrons. The van der Waals surface area contributed by atoms with Gasteiger partial charge in [-0.1, -0.05) is 18.9 Å². The SMILES string of the molecule is CC(NC(=O)CCCCCCN)c1cccnc1. The Morgan fingerprint density at radius 2 is 2.17 bits per heavy atom. The van der Waals surface area contributed by atoms with Crippen LogP contribution < -0.4 is 11.1 Å². The van der Waals surface area contributed by atoms with Crippen LogP contribution in [0.15, 0.2) is 24.5 Å². The number of nitrogens with one attached hydrogen (secondary N) is 1. The summed E-state index contributed by atoms with van der Waals surface area (Å²) in [6, 6.07) is 3.87. The smallest absolute Gasteiger partial charge is 0.220 e. The molecule has 0 aromatic carbocycles. The number of amides is 1. The van der Waals surface area contributed by atoms with Gasteiger partial charge < -0.3 is 11.1 Å². The van der Waals surface area contributed by atoms with Gasteiger partial charge >= 0.3 is 0 Å². The van der Waals surface area contributed by atoms with Crippen molar-refractivity contribution >= 4 is 5.91 Å². The lowest BCUT2D eigenvalue weighted by Crippen LogP contribution is -2.26. The fourth-order valence-electron chi connectivity index (χ4n) is 1.81. The van der Waals surface area contributed by atoms with Crippen molar-refractivity contribution in [2.45, 2.75) is 45.1 Å². The lowest BCUT2D eigenvalue weighted by molar-refractivity contribution is -0.121. The van der Waals surface area contributed by atoms with Crippen molar-refractivity contribution in [1.29, 1.82) is 0 Å². The molecule has 0 fully saturated rings. The Morgan fingerprint density at radius 1 is 1.39 bits per heavy atom. The molecule has 0 saturated heterocycles. The number of unbranched alkanes of at least 4 members (excludes halogenated alkanes) is 3. The predicted octanol–water partition coefficient (Wildman–Crippen LogP) is 2.17. The van der Waals surface area contributed by atoms with Crippen LogP contribution in [0.1, 0.15) is 50.6 Å². The highest BCUT2D eigenvalue weighted by Gasteiger charge is 2.08. The Morgan fingerprint density at radius 3 is 2.83 bits per heavy atom. The molecule has 1 heterocycles. The molecule has 1 rings (SSSR count). The molecule has 0 spiro atoms. The number of carbonyl (C=O) groups is 1. The molecule has 1 amide bonds. The highest BCUT2D eigenvalue weighted by atomic mass is 16.1. The van der Waals surface area contributed by atoms with Gasteiger partial charge in [-0.25, -0.2) is 0 Å². The van der Waals surface area contributed by atoms with Crippen LogP contribution in [0.25, 0.3) is 0 Å². The summed E-state index contributed by atoms with van der Waals surface area (Å²) in [7, 11) is 0. The number of nitrogens with two attached hydrogens (primary N) is 1. The van der Waals surface area contributed by atoms with E-state index in [1.165, 1.54) is 0 Å². The molecule has 0 aliphatic heterocycles. The number of aromatic nitrogens is 1. The van der Waals surface area contributed by atoms with E-state index in [0.29, 0.717) is 6.42 Å². The van der Waals surface area contributed by atoms with Crippen molar-refractivity contribution in [1.82, 2.24) is 10.3 Å². The summed E-state index contributed by atoms with van der Waals surface area (Å²) in [5.74, 6) is 0.110. The van der Waals surface area contributed by atoms with Gasteiger partial charge in [0.1, 0.15) is 0 Å². The molecule has 0 aliphatic carbocycles. The van der Waals surface area contributed by atoms with Gasteiger partial charge in [-0.2, -0.15) is 0 Å². The second-order valence-corrected chi connectivity index (χ2v) is 4.53. The number of pyridine rings is 1. The van der Waals surface area contributed by atoms with Crippen LogP contribution in [0, 0.1) is 0 Å². The summed E-state index contributed by atoms with van der Waals surface area (Å²) in [4.78, 5) is 15.7. The molecule has 1 atom stereocenters. The molecule has 3 N–H and O–H groups in total. The lowest BCUT2D eigenvalue weighted by Gasteiger charge is -2.13. The largest absolute Gasteiger partial charge is 0.350 e. The summed E-state index contributed by atoms with van der Waals surface area (Å²) in [5.41, 5.74) is 6.45. The first-order valence-electron chi connectivity index (χ1n) is 6.63. The van der Waals surface area contributed by atoms with Crippen molar-refractivity contribution in [3.8, 4) is 0 Å². The Bertz CT molecular complexity index is 340. The fourth-order valence-corrected chi connectivity index (χ4v) is 1.81. The molecule has 0 aliphatic rings. The molecule has 4 heteroatoms. The Hall–Kier alpha value is -1.42. The van der Waals surface area contributed by atoms with E-state index in [4.69, 9.17) is 5.73 Å². The van der Waals surface area contributed by atoms with Gasteiger partial charge in [0.25, 0.3) is 0 Å². The van der Waals surface area contributed by atoms with Gasteiger partial charge in [0.2, 0.25) is 5.91 Å². The maximum atomic E-state index is 11.7. The molecule has 1 aromatic rings. The second kappa shape index (κ2) is 8.64. The normalized spacial score (nSPS) is 12.1. The van der Waals surface area contributed by atoms with E-state index < -0.39 is 0 Å². The first-order valence-corrected chi connectivity index (χ1v) is 6.63. The van der Waals surface area contributed by atoms with Gasteiger partial charge in [-0.3, -0.25) is 9.78 Å². The first kappa shape index (κ1) is 14.6. The summed E-state index contributed by atoms with van der Waals surface area (Å²) in [6.45, 7) is 2.72. The van der Waals surface area contributed by atoms with E-state index in [2.05, 4.69) is 10.3 Å². The molecule has 100 valence electrons. The van der Waals surface area contributed by atoms with Crippen molar-refractivity contribution in [2.75, 3.05) is 6.54 Å². The quantitative estimate of drug-likeness (QED) is 0.694. The molecule has 1 unspecified atom stereocenters. The summed E-state index contributed by atoms with van der Waals surface area (Å²) < 4.78 is 0. The highest BCUT2D eigenvalue weighted by molar-refractivity contribution is 5.76. The summed E-state index contributed by atoms with van der Waals surface area (Å²) in [6.07, 6.45) is 8.28. The standard InChI is InChI=1S/C14H23N3O/c1-12(13-7-6-10-16-11-13)17-14(18)8-4-2-3-5-9-15/h6-7,10-12H,2-5,8-9,15H2,1H3,(H,17,18). The van der Waals surface area contributed by atoms with E-state index >= 15 is 0 Å². The average molecular weight is 249 g/mol. The van der Waals surface area contributed by atoms with Crippen molar-refractivity contribution in [3.63, 3.8) is 0 Å². The van der Waals surface area contributed by atoms with Gasteiger partial charge in [0.05, 0.1) is 6.04 Å². The van der Waals surface area contributed by atoms with Gasteiger partial charge in [0, 0.05) is 18.8 Å². The molecular formula is C14H23N3O. The third-order valence-electron chi connectivity index (χ3n) is 2.92. The first-order chi connectivity index (χ1) is 8.74. The van der Waals surface area contributed by atoms with E-state index in [9.17, 15) is 4.79 Å². The van der Waals surface area contributed by atoms with Crippen LogP contribution in [0.2, 0.25) is 0 Å².